The predicted molar refractivity (Wildman–Crippen MR) is 34.7 cm³/mol. The lowest BCUT2D eigenvalue weighted by Crippen LogP contribution is -1.98. The van der Waals surface area contributed by atoms with Crippen molar-refractivity contribution in [1.29, 1.82) is 0 Å². The van der Waals surface area contributed by atoms with Crippen LogP contribution in [0.5, 0.6) is 0 Å². The van der Waals surface area contributed by atoms with Crippen molar-refractivity contribution in [3.8, 4) is 0 Å². The Morgan fingerprint density at radius 3 is 2.43 bits per heavy atom. The molecule has 0 saturated heterocycles. The van der Waals surface area contributed by atoms with Crippen LogP contribution in [0.25, 0.3) is 0 Å². The molecule has 0 saturated carbocycles. The summed E-state index contributed by atoms with van der Waals surface area (Å²) < 4.78 is 0. The molecule has 0 aliphatic carbocycles. The summed E-state index contributed by atoms with van der Waals surface area (Å²) in [5.41, 5.74) is 0. The van der Waals surface area contributed by atoms with E-state index in [9.17, 15) is 0 Å². The third-order valence-electron chi connectivity index (χ3n) is 0.756. The van der Waals surface area contributed by atoms with Crippen LogP contribution in [0.2, 0.25) is 0 Å². The summed E-state index contributed by atoms with van der Waals surface area (Å²) in [6.07, 6.45) is 1.85. The zero-order valence-corrected chi connectivity index (χ0v) is 6.11. The van der Waals surface area contributed by atoms with E-state index in [0.29, 0.717) is 0 Å². The van der Waals surface area contributed by atoms with Gasteiger partial charge in [-0.05, 0) is 19.8 Å². The molecule has 0 spiro atoms. The van der Waals surface area contributed by atoms with Crippen LogP contribution in [0, 0.1) is 0 Å². The molecule has 1 atom stereocenters. The minimum atomic E-state index is -0.127. The monoisotopic (exact) mass is 166 g/mol. The normalized spacial score (nSPS) is 14.1. The molecule has 0 aromatic carbocycles. The van der Waals surface area contributed by atoms with Gasteiger partial charge in [-0.15, -0.1) is 0 Å². The maximum absolute atomic E-state index is 8.66. The van der Waals surface area contributed by atoms with E-state index >= 15 is 0 Å². The molecule has 0 unspecified atom stereocenters. The van der Waals surface area contributed by atoms with Gasteiger partial charge in [0.1, 0.15) is 0 Å². The number of rotatable bonds is 3. The van der Waals surface area contributed by atoms with Crippen LogP contribution in [0.1, 0.15) is 19.8 Å². The molecule has 1 N–H and O–H groups in total. The van der Waals surface area contributed by atoms with E-state index in [1.54, 1.807) is 0 Å². The van der Waals surface area contributed by atoms with Crippen molar-refractivity contribution in [3.05, 3.63) is 0 Å². The van der Waals surface area contributed by atoms with Gasteiger partial charge in [-0.1, -0.05) is 15.9 Å². The van der Waals surface area contributed by atoms with Crippen LogP contribution < -0.4 is 0 Å². The van der Waals surface area contributed by atoms with E-state index < -0.39 is 0 Å². The molecule has 2 heteroatoms. The standard InChI is InChI=1S/C5H11BrO/c1-5(7)3-2-4-6/h5,7H,2-4H2,1H3/t5-/m1/s1. The van der Waals surface area contributed by atoms with E-state index in [4.69, 9.17) is 5.11 Å². The highest BCUT2D eigenvalue weighted by molar-refractivity contribution is 9.09. The summed E-state index contributed by atoms with van der Waals surface area (Å²) in [5, 5.41) is 9.66. The summed E-state index contributed by atoms with van der Waals surface area (Å²) in [7, 11) is 0. The van der Waals surface area contributed by atoms with Crippen molar-refractivity contribution in [2.24, 2.45) is 0 Å². The number of hydrogen-bond acceptors (Lipinski definition) is 1. The fourth-order valence-corrected chi connectivity index (χ4v) is 0.696. The van der Waals surface area contributed by atoms with Crippen LogP contribution in [0.3, 0.4) is 0 Å². The molecule has 0 radical (unpaired) electrons. The van der Waals surface area contributed by atoms with E-state index in [2.05, 4.69) is 15.9 Å². The minimum Gasteiger partial charge on any atom is -0.393 e. The van der Waals surface area contributed by atoms with Gasteiger partial charge >= 0.3 is 0 Å². The second-order valence-electron chi connectivity index (χ2n) is 1.68. The average Bonchev–Trinajstić information content (AvgIpc) is 1.61. The van der Waals surface area contributed by atoms with Crippen LogP contribution in [0.15, 0.2) is 0 Å². The summed E-state index contributed by atoms with van der Waals surface area (Å²) >= 11 is 3.27. The zero-order chi connectivity index (χ0) is 5.70. The van der Waals surface area contributed by atoms with Gasteiger partial charge in [0.05, 0.1) is 6.10 Å². The Morgan fingerprint density at radius 2 is 2.29 bits per heavy atom. The quantitative estimate of drug-likeness (QED) is 0.632. The van der Waals surface area contributed by atoms with Gasteiger partial charge in [-0.25, -0.2) is 0 Å². The van der Waals surface area contributed by atoms with Gasteiger partial charge in [-0.2, -0.15) is 0 Å². The lowest BCUT2D eigenvalue weighted by atomic mass is 10.2. The van der Waals surface area contributed by atoms with Crippen LogP contribution in [0.4, 0.5) is 0 Å². The van der Waals surface area contributed by atoms with Gasteiger partial charge in [-0.3, -0.25) is 0 Å². The van der Waals surface area contributed by atoms with E-state index in [1.165, 1.54) is 0 Å². The number of hydrogen-bond donors (Lipinski definition) is 1. The highest BCUT2D eigenvalue weighted by Crippen LogP contribution is 1.97. The molecule has 0 rings (SSSR count). The Balaban J connectivity index is 2.68. The zero-order valence-electron chi connectivity index (χ0n) is 4.52. The molecule has 1 nitrogen and oxygen atoms in total. The van der Waals surface area contributed by atoms with Crippen molar-refractivity contribution in [1.82, 2.24) is 0 Å². The summed E-state index contributed by atoms with van der Waals surface area (Å²) in [5.74, 6) is 0. The number of alkyl halides is 1. The van der Waals surface area contributed by atoms with E-state index in [1.807, 2.05) is 6.92 Å². The topological polar surface area (TPSA) is 20.2 Å². The third kappa shape index (κ3) is 6.44. The average molecular weight is 167 g/mol. The first-order valence-corrected chi connectivity index (χ1v) is 3.63. The molecule has 44 valence electrons. The fraction of sp³-hybridized carbons (Fsp3) is 1.00. The van der Waals surface area contributed by atoms with Crippen molar-refractivity contribution < 1.29 is 5.11 Å². The molecular formula is C5H11BrO. The maximum Gasteiger partial charge on any atom is 0.0512 e. The highest BCUT2D eigenvalue weighted by Gasteiger charge is 1.90. The first-order valence-electron chi connectivity index (χ1n) is 2.51. The molecule has 0 aliphatic heterocycles. The van der Waals surface area contributed by atoms with Gasteiger partial charge < -0.3 is 5.11 Å². The molecule has 0 heterocycles. The SMILES string of the molecule is C[C@@H](O)CCCBr. The maximum atomic E-state index is 8.66. The van der Waals surface area contributed by atoms with Gasteiger partial charge in [0.15, 0.2) is 0 Å². The number of aliphatic hydroxyl groups excluding tert-OH is 1. The first kappa shape index (κ1) is 7.44. The smallest absolute Gasteiger partial charge is 0.0512 e. The third-order valence-corrected chi connectivity index (χ3v) is 1.32. The van der Waals surface area contributed by atoms with Crippen molar-refractivity contribution >= 4 is 15.9 Å². The van der Waals surface area contributed by atoms with Crippen molar-refractivity contribution in [2.75, 3.05) is 5.33 Å². The minimum absolute atomic E-state index is 0.127. The molecule has 0 aliphatic rings. The molecule has 0 bridgehead atoms. The molecule has 0 fully saturated rings. The predicted octanol–water partition coefficient (Wildman–Crippen LogP) is 1.54. The Kier molecular flexibility index (Phi) is 4.88. The van der Waals surface area contributed by atoms with Gasteiger partial charge in [0, 0.05) is 5.33 Å². The summed E-state index contributed by atoms with van der Waals surface area (Å²) in [6.45, 7) is 1.81. The number of aliphatic hydroxyl groups is 1. The van der Waals surface area contributed by atoms with Crippen molar-refractivity contribution in [2.45, 2.75) is 25.9 Å². The van der Waals surface area contributed by atoms with E-state index in [-0.39, 0.29) is 6.10 Å². The van der Waals surface area contributed by atoms with Crippen LogP contribution in [-0.2, 0) is 0 Å². The largest absolute Gasteiger partial charge is 0.393 e. The molecule has 0 aromatic rings. The summed E-state index contributed by atoms with van der Waals surface area (Å²) in [6, 6.07) is 0. The summed E-state index contributed by atoms with van der Waals surface area (Å²) in [4.78, 5) is 0. The molecule has 0 aromatic heterocycles. The Bertz CT molecular complexity index is 37.1. The van der Waals surface area contributed by atoms with Crippen LogP contribution >= 0.6 is 15.9 Å². The second kappa shape index (κ2) is 4.60. The Morgan fingerprint density at radius 1 is 1.71 bits per heavy atom. The lowest BCUT2D eigenvalue weighted by Gasteiger charge is -1.97. The first-order chi connectivity index (χ1) is 3.27. The van der Waals surface area contributed by atoms with Gasteiger partial charge in [0.2, 0.25) is 0 Å². The highest BCUT2D eigenvalue weighted by atomic mass is 79.9. The van der Waals surface area contributed by atoms with Crippen LogP contribution in [-0.4, -0.2) is 16.5 Å². The Hall–Kier alpha value is 0.440. The fourth-order valence-electron chi connectivity index (χ4n) is 0.373. The van der Waals surface area contributed by atoms with E-state index in [0.717, 1.165) is 18.2 Å². The molecule has 7 heavy (non-hydrogen) atoms. The Labute approximate surface area is 52.9 Å². The second-order valence-corrected chi connectivity index (χ2v) is 2.47. The number of halogens is 1. The van der Waals surface area contributed by atoms with Gasteiger partial charge in [0.25, 0.3) is 0 Å². The molecular weight excluding hydrogens is 156 g/mol. The molecule has 0 amide bonds. The van der Waals surface area contributed by atoms with Crippen molar-refractivity contribution in [3.63, 3.8) is 0 Å². The lowest BCUT2D eigenvalue weighted by molar-refractivity contribution is 0.184.